The number of carbonyl (C=O) groups excluding carboxylic acids is 11. The summed E-state index contributed by atoms with van der Waals surface area (Å²) in [5.41, 5.74) is -1.43. The van der Waals surface area contributed by atoms with Crippen molar-refractivity contribution >= 4 is 65.0 Å². The van der Waals surface area contributed by atoms with Gasteiger partial charge in [-0.2, -0.15) is 0 Å². The van der Waals surface area contributed by atoms with Crippen molar-refractivity contribution < 1.29 is 146 Å². The number of hydrogen-bond acceptors (Lipinski definition) is 30. The van der Waals surface area contributed by atoms with Crippen LogP contribution in [-0.2, 0) is 95.4 Å². The van der Waals surface area contributed by atoms with Crippen molar-refractivity contribution in [2.45, 2.75) is 304 Å². The van der Waals surface area contributed by atoms with E-state index in [1.165, 1.54) is 20.8 Å². The third kappa shape index (κ3) is 43.5. The molecule has 3 aliphatic heterocycles. The molecule has 41 heteroatoms. The fraction of sp³-hybridized carbons (Fsp3) is 0.864. The van der Waals surface area contributed by atoms with Gasteiger partial charge in [-0.25, -0.2) is 0 Å². The molecule has 41 nitrogen and oxygen atoms in total. The number of likely N-dealkylation sites (tertiary alicyclic amines) is 1. The van der Waals surface area contributed by atoms with Crippen molar-refractivity contribution in [3.05, 3.63) is 0 Å². The van der Waals surface area contributed by atoms with Gasteiger partial charge in [0, 0.05) is 157 Å². The molecule has 20 N–H and O–H groups in total. The highest BCUT2D eigenvalue weighted by molar-refractivity contribution is 5.79. The van der Waals surface area contributed by atoms with E-state index < -0.39 is 134 Å². The van der Waals surface area contributed by atoms with Gasteiger partial charge in [0.05, 0.1) is 89.9 Å². The molecular formula is C81H145N11O30. The van der Waals surface area contributed by atoms with E-state index in [0.29, 0.717) is 96.8 Å². The van der Waals surface area contributed by atoms with E-state index in [1.54, 1.807) is 4.90 Å². The summed E-state index contributed by atoms with van der Waals surface area (Å²) in [4.78, 5) is 142. The topological polar surface area (TPSA) is 597 Å². The molecule has 4 aliphatic rings. The number of amides is 11. The van der Waals surface area contributed by atoms with Crippen molar-refractivity contribution in [2.75, 3.05) is 138 Å². The second-order valence-electron chi connectivity index (χ2n) is 31.7. The van der Waals surface area contributed by atoms with Crippen LogP contribution in [-0.4, -0.2) is 363 Å². The molecular weight excluding hydrogens is 1610 g/mol. The number of ether oxygens (including phenoxy) is 9. The SMILES string of the molecule is CCOC[C@@H]1C[C@@H](O)CN1C(=O)CCCCCCCCCCC(=O)NC(COCCC(=O)NCCCNC(=O)CCCCOC1CC(CO)C(O)C(O)C1NC(C)=O)(COCCC(=O)NCCCNC(=O)CCCCOC1OC(CO)C(O)C(O)C1NC(C)=O)COCCC(=O)NCCCNC(=O)CCCCOC1OC(CO)C(O)C(O)C1NC(C)=O. The summed E-state index contributed by atoms with van der Waals surface area (Å²) in [5, 5.41) is 129. The summed E-state index contributed by atoms with van der Waals surface area (Å²) in [5.74, 6) is -4.22. The molecule has 122 heavy (non-hydrogen) atoms. The fourth-order valence-corrected chi connectivity index (χ4v) is 14.5. The number of rotatable bonds is 66. The Bertz CT molecular complexity index is 2790. The van der Waals surface area contributed by atoms with Gasteiger partial charge < -0.3 is 152 Å². The van der Waals surface area contributed by atoms with E-state index in [-0.39, 0.29) is 210 Å². The van der Waals surface area contributed by atoms with Crippen molar-refractivity contribution in [1.29, 1.82) is 0 Å². The number of nitrogens with zero attached hydrogens (tertiary/aromatic N) is 1. The van der Waals surface area contributed by atoms with Crippen LogP contribution in [0.15, 0.2) is 0 Å². The number of aliphatic hydroxyl groups is 10. The van der Waals surface area contributed by atoms with Crippen molar-refractivity contribution in [3.63, 3.8) is 0 Å². The molecule has 15 unspecified atom stereocenters. The lowest BCUT2D eigenvalue weighted by Crippen LogP contribution is -2.64. The Morgan fingerprint density at radius 2 is 0.730 bits per heavy atom. The first kappa shape index (κ1) is 108. The van der Waals surface area contributed by atoms with Crippen LogP contribution >= 0.6 is 0 Å². The largest absolute Gasteiger partial charge is 0.396 e. The average molecular weight is 1750 g/mol. The molecule has 1 aliphatic carbocycles. The van der Waals surface area contributed by atoms with Crippen LogP contribution < -0.4 is 53.2 Å². The highest BCUT2D eigenvalue weighted by Gasteiger charge is 2.48. The maximum atomic E-state index is 14.1. The monoisotopic (exact) mass is 1750 g/mol. The molecule has 704 valence electrons. The van der Waals surface area contributed by atoms with E-state index >= 15 is 0 Å². The van der Waals surface area contributed by atoms with Gasteiger partial charge >= 0.3 is 0 Å². The maximum Gasteiger partial charge on any atom is 0.222 e. The minimum atomic E-state index is -1.46. The molecule has 3 saturated heterocycles. The molecule has 1 saturated carbocycles. The van der Waals surface area contributed by atoms with Gasteiger partial charge in [0.2, 0.25) is 65.0 Å². The number of aliphatic hydroxyl groups excluding tert-OH is 10. The third-order valence-electron chi connectivity index (χ3n) is 21.3. The van der Waals surface area contributed by atoms with Gasteiger partial charge in [0.25, 0.3) is 0 Å². The number of carbonyl (C=O) groups is 11. The van der Waals surface area contributed by atoms with E-state index in [2.05, 4.69) is 53.2 Å². The summed E-state index contributed by atoms with van der Waals surface area (Å²) in [6.07, 6.45) is -2.72. The van der Waals surface area contributed by atoms with Gasteiger partial charge in [0.15, 0.2) is 12.6 Å². The molecule has 3 heterocycles. The van der Waals surface area contributed by atoms with E-state index in [9.17, 15) is 104 Å². The van der Waals surface area contributed by atoms with Crippen LogP contribution in [0.2, 0.25) is 0 Å². The van der Waals surface area contributed by atoms with Crippen molar-refractivity contribution in [1.82, 2.24) is 58.1 Å². The Balaban J connectivity index is 1.30. The van der Waals surface area contributed by atoms with Crippen LogP contribution in [0.5, 0.6) is 0 Å². The standard InChI is InChI=1S/C81H145N11O30/c1-5-114-49-57-44-58(99)45-92(57)69(107)27-13-11-9-7-6-8-10-12-26-68(106)91-81(50-115-40-28-65(103)85-34-20-31-82-62(100)23-14-17-37-118-59-43-56(46-93)73(108)76(111)70(59)88-53(2)96,51-116-41-29-66(104)86-35-21-32-83-63(101)24-15-18-38-119-79-71(89-54(3)97)77(112)74(109)60(47-94)121-79)52-117-42-30-67(105)87-36-22-33-84-64(102)25-16-19-39-120-80-72(90-55(4)98)78(113)75(110)61(48-95)122-80/h56-61,70-80,93-95,99,108-113H,5-52H2,1-4H3,(H,82,100)(H,83,101)(H,84,102)(H,85,103)(H,86,104)(H,87,105)(H,88,96)(H,89,97)(H,90,98)(H,91,106)/t56?,57-,58+,59?,60?,61?,70?,71?,72?,73?,74?,75?,76?,77?,78?,79?,80?,81?/m0/s1. The first-order chi connectivity index (χ1) is 58.5. The Morgan fingerprint density at radius 3 is 1.11 bits per heavy atom. The quantitative estimate of drug-likeness (QED) is 0.0257. The second kappa shape index (κ2) is 62.5. The predicted molar refractivity (Wildman–Crippen MR) is 437 cm³/mol. The molecule has 0 bridgehead atoms. The molecule has 0 spiro atoms. The van der Waals surface area contributed by atoms with Crippen LogP contribution in [0.3, 0.4) is 0 Å². The zero-order valence-corrected chi connectivity index (χ0v) is 71.8. The first-order valence-electron chi connectivity index (χ1n) is 43.6. The minimum Gasteiger partial charge on any atom is -0.396 e. The summed E-state index contributed by atoms with van der Waals surface area (Å²) in [6, 6.07) is -3.20. The molecule has 0 aromatic carbocycles. The summed E-state index contributed by atoms with van der Waals surface area (Å²) >= 11 is 0. The fourth-order valence-electron chi connectivity index (χ4n) is 14.5. The van der Waals surface area contributed by atoms with Crippen molar-refractivity contribution in [2.24, 2.45) is 5.92 Å². The molecule has 4 rings (SSSR count). The van der Waals surface area contributed by atoms with Gasteiger partial charge in [-0.15, -0.1) is 0 Å². The van der Waals surface area contributed by atoms with Crippen LogP contribution in [0.4, 0.5) is 0 Å². The molecule has 17 atom stereocenters. The normalized spacial score (nSPS) is 25.0. The molecule has 0 aromatic rings. The van der Waals surface area contributed by atoms with E-state index in [4.69, 9.17) is 42.6 Å². The molecule has 0 radical (unpaired) electrons. The minimum absolute atomic E-state index is 0.0195. The van der Waals surface area contributed by atoms with Crippen molar-refractivity contribution in [3.8, 4) is 0 Å². The van der Waals surface area contributed by atoms with Crippen LogP contribution in [0, 0.1) is 5.92 Å². The Labute approximate surface area is 715 Å². The Morgan fingerprint density at radius 1 is 0.377 bits per heavy atom. The van der Waals surface area contributed by atoms with Gasteiger partial charge in [-0.1, -0.05) is 38.5 Å². The second-order valence-corrected chi connectivity index (χ2v) is 31.7. The lowest BCUT2D eigenvalue weighted by Gasteiger charge is -2.42. The summed E-state index contributed by atoms with van der Waals surface area (Å²) in [7, 11) is 0. The third-order valence-corrected chi connectivity index (χ3v) is 21.3. The first-order valence-corrected chi connectivity index (χ1v) is 43.6. The lowest BCUT2D eigenvalue weighted by molar-refractivity contribution is -0.270. The Kier molecular flexibility index (Phi) is 55.2. The maximum absolute atomic E-state index is 14.1. The smallest absolute Gasteiger partial charge is 0.222 e. The number of β-amino-alcohol motifs (C(OH)–C–C–N with tert-alkyl or cyclic N) is 1. The summed E-state index contributed by atoms with van der Waals surface area (Å²) < 4.78 is 52.5. The van der Waals surface area contributed by atoms with Gasteiger partial charge in [-0.3, -0.25) is 52.7 Å². The van der Waals surface area contributed by atoms with Crippen LogP contribution in [0.25, 0.3) is 0 Å². The number of nitrogens with one attached hydrogen (secondary N) is 10. The van der Waals surface area contributed by atoms with Crippen LogP contribution in [0.1, 0.15) is 201 Å². The predicted octanol–water partition coefficient (Wildman–Crippen LogP) is -4.12. The summed E-state index contributed by atoms with van der Waals surface area (Å²) in [6.45, 7) is 5.93. The van der Waals surface area contributed by atoms with E-state index in [0.717, 1.165) is 44.9 Å². The number of unbranched alkanes of at least 4 members (excludes halogenated alkanes) is 10. The Hall–Kier alpha value is -6.59. The zero-order chi connectivity index (χ0) is 89.6. The lowest BCUT2D eigenvalue weighted by atomic mass is 9.79. The van der Waals surface area contributed by atoms with Gasteiger partial charge in [-0.05, 0) is 90.4 Å². The molecule has 0 aromatic heterocycles. The van der Waals surface area contributed by atoms with Gasteiger partial charge in [0.1, 0.15) is 60.4 Å². The number of hydrogen-bond donors (Lipinski definition) is 20. The average Bonchev–Trinajstić information content (AvgIpc) is 1.08. The van der Waals surface area contributed by atoms with E-state index in [1.807, 2.05) is 6.92 Å². The molecule has 4 fully saturated rings. The molecule has 11 amide bonds. The highest BCUT2D eigenvalue weighted by atomic mass is 16.7. The zero-order valence-electron chi connectivity index (χ0n) is 71.8. The highest BCUT2D eigenvalue weighted by Crippen LogP contribution is 2.30.